The lowest BCUT2D eigenvalue weighted by Gasteiger charge is -2.15. The summed E-state index contributed by atoms with van der Waals surface area (Å²) in [4.78, 5) is 12.7. The lowest BCUT2D eigenvalue weighted by atomic mass is 9.88. The Bertz CT molecular complexity index is 602. The highest BCUT2D eigenvalue weighted by Gasteiger charge is 2.20. The van der Waals surface area contributed by atoms with Crippen LogP contribution in [0.2, 0.25) is 0 Å². The largest absolute Gasteiger partial charge is 0.497 e. The molecular formula is C18H20O3. The number of carbonyl (C=O) groups is 1. The van der Waals surface area contributed by atoms with E-state index in [1.54, 1.807) is 14.2 Å². The molecule has 0 aliphatic heterocycles. The number of hydrogen-bond acceptors (Lipinski definition) is 3. The van der Waals surface area contributed by atoms with Gasteiger partial charge >= 0.3 is 0 Å². The Balaban J connectivity index is 2.28. The van der Waals surface area contributed by atoms with Crippen LogP contribution in [0.5, 0.6) is 11.5 Å². The molecule has 0 radical (unpaired) electrons. The van der Waals surface area contributed by atoms with Crippen LogP contribution in [0.25, 0.3) is 0 Å². The van der Waals surface area contributed by atoms with Gasteiger partial charge < -0.3 is 9.47 Å². The number of ether oxygens (including phenoxy) is 2. The summed E-state index contributed by atoms with van der Waals surface area (Å²) < 4.78 is 10.4. The van der Waals surface area contributed by atoms with Gasteiger partial charge in [-0.1, -0.05) is 19.1 Å². The lowest BCUT2D eigenvalue weighted by molar-refractivity contribution is 0.0957. The quantitative estimate of drug-likeness (QED) is 0.750. The fourth-order valence-electron chi connectivity index (χ4n) is 2.39. The van der Waals surface area contributed by atoms with Gasteiger partial charge in [-0.3, -0.25) is 4.79 Å². The SMILES string of the molecule is CCC(C(=O)c1ccc(OC)cc1)c1cccc(OC)c1. The zero-order valence-corrected chi connectivity index (χ0v) is 12.6. The minimum atomic E-state index is -0.159. The van der Waals surface area contributed by atoms with Gasteiger partial charge in [-0.25, -0.2) is 0 Å². The van der Waals surface area contributed by atoms with Gasteiger partial charge in [0.05, 0.1) is 14.2 Å². The number of hydrogen-bond donors (Lipinski definition) is 0. The van der Waals surface area contributed by atoms with E-state index in [9.17, 15) is 4.79 Å². The second-order valence-electron chi connectivity index (χ2n) is 4.83. The van der Waals surface area contributed by atoms with E-state index in [0.29, 0.717) is 5.56 Å². The average Bonchev–Trinajstić information content (AvgIpc) is 2.55. The van der Waals surface area contributed by atoms with Crippen LogP contribution in [0.15, 0.2) is 48.5 Å². The molecule has 21 heavy (non-hydrogen) atoms. The molecule has 0 aromatic heterocycles. The molecule has 2 aromatic rings. The van der Waals surface area contributed by atoms with Crippen LogP contribution >= 0.6 is 0 Å². The minimum Gasteiger partial charge on any atom is -0.497 e. The summed E-state index contributed by atoms with van der Waals surface area (Å²) in [5.41, 5.74) is 1.68. The molecule has 0 fully saturated rings. The molecule has 1 unspecified atom stereocenters. The third-order valence-corrected chi connectivity index (χ3v) is 3.60. The number of Topliss-reactive ketones (excluding diaryl/α,β-unsaturated/α-hetero) is 1. The molecular weight excluding hydrogens is 264 g/mol. The molecule has 0 aliphatic carbocycles. The third-order valence-electron chi connectivity index (χ3n) is 3.60. The van der Waals surface area contributed by atoms with Crippen molar-refractivity contribution in [1.82, 2.24) is 0 Å². The van der Waals surface area contributed by atoms with E-state index in [2.05, 4.69) is 0 Å². The topological polar surface area (TPSA) is 35.5 Å². The van der Waals surface area contributed by atoms with Crippen LogP contribution < -0.4 is 9.47 Å². The van der Waals surface area contributed by atoms with Crippen molar-refractivity contribution >= 4 is 5.78 Å². The molecule has 110 valence electrons. The van der Waals surface area contributed by atoms with Gasteiger partial charge in [-0.2, -0.15) is 0 Å². The van der Waals surface area contributed by atoms with Crippen molar-refractivity contribution in [2.24, 2.45) is 0 Å². The van der Waals surface area contributed by atoms with E-state index >= 15 is 0 Å². The van der Waals surface area contributed by atoms with Crippen molar-refractivity contribution in [2.75, 3.05) is 14.2 Å². The van der Waals surface area contributed by atoms with Crippen molar-refractivity contribution in [2.45, 2.75) is 19.3 Å². The van der Waals surface area contributed by atoms with Crippen LogP contribution in [0.4, 0.5) is 0 Å². The summed E-state index contributed by atoms with van der Waals surface area (Å²) in [6.07, 6.45) is 0.748. The number of carbonyl (C=O) groups excluding carboxylic acids is 1. The predicted molar refractivity (Wildman–Crippen MR) is 83.4 cm³/mol. The summed E-state index contributed by atoms with van der Waals surface area (Å²) in [5.74, 6) is 1.48. The average molecular weight is 284 g/mol. The maximum Gasteiger partial charge on any atom is 0.170 e. The highest BCUT2D eigenvalue weighted by atomic mass is 16.5. The fourth-order valence-corrected chi connectivity index (χ4v) is 2.39. The van der Waals surface area contributed by atoms with Gasteiger partial charge in [-0.15, -0.1) is 0 Å². The normalized spacial score (nSPS) is 11.8. The smallest absolute Gasteiger partial charge is 0.170 e. The monoisotopic (exact) mass is 284 g/mol. The number of benzene rings is 2. The van der Waals surface area contributed by atoms with Crippen molar-refractivity contribution < 1.29 is 14.3 Å². The van der Waals surface area contributed by atoms with Crippen LogP contribution in [-0.2, 0) is 0 Å². The Kier molecular flexibility index (Phi) is 4.99. The molecule has 0 heterocycles. The third kappa shape index (κ3) is 3.43. The molecule has 0 saturated heterocycles. The Hall–Kier alpha value is -2.29. The summed E-state index contributed by atoms with van der Waals surface area (Å²) in [6.45, 7) is 2.02. The standard InChI is InChI=1S/C18H20O3/c1-4-17(14-6-5-7-16(12-14)21-3)18(19)13-8-10-15(20-2)11-9-13/h5-12,17H,4H2,1-3H3. The fraction of sp³-hybridized carbons (Fsp3) is 0.278. The van der Waals surface area contributed by atoms with E-state index < -0.39 is 0 Å². The Labute approximate surface area is 125 Å². The van der Waals surface area contributed by atoms with E-state index in [1.807, 2.05) is 55.5 Å². The van der Waals surface area contributed by atoms with E-state index in [0.717, 1.165) is 23.5 Å². The van der Waals surface area contributed by atoms with Crippen molar-refractivity contribution in [3.63, 3.8) is 0 Å². The Morgan fingerprint density at radius 1 is 1.00 bits per heavy atom. The van der Waals surface area contributed by atoms with Crippen molar-refractivity contribution in [1.29, 1.82) is 0 Å². The van der Waals surface area contributed by atoms with Crippen molar-refractivity contribution in [3.8, 4) is 11.5 Å². The highest BCUT2D eigenvalue weighted by molar-refractivity contribution is 6.01. The van der Waals surface area contributed by atoms with Gasteiger partial charge in [0.25, 0.3) is 0 Å². The van der Waals surface area contributed by atoms with Crippen LogP contribution in [0, 0.1) is 0 Å². The lowest BCUT2D eigenvalue weighted by Crippen LogP contribution is -2.12. The number of rotatable bonds is 6. The second-order valence-corrected chi connectivity index (χ2v) is 4.83. The number of methoxy groups -OCH3 is 2. The van der Waals surface area contributed by atoms with Gasteiger partial charge in [-0.05, 0) is 48.4 Å². The Morgan fingerprint density at radius 3 is 2.24 bits per heavy atom. The molecule has 2 aromatic carbocycles. The van der Waals surface area contributed by atoms with Gasteiger partial charge in [0.2, 0.25) is 0 Å². The van der Waals surface area contributed by atoms with Crippen molar-refractivity contribution in [3.05, 3.63) is 59.7 Å². The molecule has 2 rings (SSSR count). The molecule has 1 atom stereocenters. The first kappa shape index (κ1) is 15.1. The van der Waals surface area contributed by atoms with E-state index in [1.165, 1.54) is 0 Å². The van der Waals surface area contributed by atoms with Crippen LogP contribution in [0.1, 0.15) is 35.2 Å². The summed E-state index contributed by atoms with van der Waals surface area (Å²) in [6, 6.07) is 14.9. The van der Waals surface area contributed by atoms with Gasteiger partial charge in [0.15, 0.2) is 5.78 Å². The molecule has 0 spiro atoms. The zero-order valence-electron chi connectivity index (χ0n) is 12.6. The van der Waals surface area contributed by atoms with E-state index in [4.69, 9.17) is 9.47 Å². The molecule has 0 bridgehead atoms. The first-order chi connectivity index (χ1) is 10.2. The van der Waals surface area contributed by atoms with E-state index in [-0.39, 0.29) is 11.7 Å². The maximum absolute atomic E-state index is 12.7. The minimum absolute atomic E-state index is 0.119. The summed E-state index contributed by atoms with van der Waals surface area (Å²) in [7, 11) is 3.24. The van der Waals surface area contributed by atoms with Gasteiger partial charge in [0.1, 0.15) is 11.5 Å². The van der Waals surface area contributed by atoms with Crippen LogP contribution in [-0.4, -0.2) is 20.0 Å². The first-order valence-electron chi connectivity index (χ1n) is 7.01. The highest BCUT2D eigenvalue weighted by Crippen LogP contribution is 2.27. The first-order valence-corrected chi connectivity index (χ1v) is 7.01. The maximum atomic E-state index is 12.7. The molecule has 3 nitrogen and oxygen atoms in total. The summed E-state index contributed by atoms with van der Waals surface area (Å²) >= 11 is 0. The predicted octanol–water partition coefficient (Wildman–Crippen LogP) is 4.08. The molecule has 0 saturated carbocycles. The van der Waals surface area contributed by atoms with Crippen LogP contribution in [0.3, 0.4) is 0 Å². The Morgan fingerprint density at radius 2 is 1.67 bits per heavy atom. The number of ketones is 1. The second kappa shape index (κ2) is 6.93. The summed E-state index contributed by atoms with van der Waals surface area (Å²) in [5, 5.41) is 0. The molecule has 3 heteroatoms. The molecule has 0 N–H and O–H groups in total. The van der Waals surface area contributed by atoms with Gasteiger partial charge in [0, 0.05) is 11.5 Å². The molecule has 0 aliphatic rings. The zero-order chi connectivity index (χ0) is 15.2. The molecule has 0 amide bonds.